The molecular weight excluding hydrogens is 299 g/mol. The molecule has 1 fully saturated rings. The van der Waals surface area contributed by atoms with Crippen molar-refractivity contribution in [1.29, 1.82) is 0 Å². The van der Waals surface area contributed by atoms with Crippen LogP contribution < -0.4 is 10.6 Å². The summed E-state index contributed by atoms with van der Waals surface area (Å²) in [5, 5.41) is 9.48. The zero-order valence-electron chi connectivity index (χ0n) is 10.2. The molecule has 3 nitrogen and oxygen atoms in total. The van der Waals surface area contributed by atoms with Crippen LogP contribution in [0.3, 0.4) is 0 Å². The Bertz CT molecular complexity index is 428. The van der Waals surface area contributed by atoms with E-state index in [-0.39, 0.29) is 18.5 Å². The van der Waals surface area contributed by atoms with Crippen LogP contribution >= 0.6 is 15.9 Å². The van der Waals surface area contributed by atoms with Gasteiger partial charge in [-0.25, -0.2) is 4.39 Å². The first-order chi connectivity index (χ1) is 8.63. The predicted molar refractivity (Wildman–Crippen MR) is 75.2 cm³/mol. The molecule has 1 aromatic carbocycles. The number of aliphatic hydroxyl groups is 1. The Labute approximate surface area is 115 Å². The average molecular weight is 317 g/mol. The van der Waals surface area contributed by atoms with Crippen LogP contribution in [-0.4, -0.2) is 24.3 Å². The minimum Gasteiger partial charge on any atom is -0.397 e. The van der Waals surface area contributed by atoms with Gasteiger partial charge in [0.15, 0.2) is 0 Å². The smallest absolute Gasteiger partial charge is 0.139 e. The van der Waals surface area contributed by atoms with Crippen molar-refractivity contribution in [1.82, 2.24) is 0 Å². The summed E-state index contributed by atoms with van der Waals surface area (Å²) in [6, 6.07) is 3.08. The van der Waals surface area contributed by atoms with Crippen LogP contribution in [0.4, 0.5) is 15.8 Å². The van der Waals surface area contributed by atoms with Gasteiger partial charge in [-0.05, 0) is 34.8 Å². The lowest BCUT2D eigenvalue weighted by Crippen LogP contribution is -2.38. The molecule has 1 heterocycles. The molecule has 18 heavy (non-hydrogen) atoms. The zero-order valence-corrected chi connectivity index (χ0v) is 11.8. The number of hydrogen-bond donors (Lipinski definition) is 2. The summed E-state index contributed by atoms with van der Waals surface area (Å²) in [5.74, 6) is -0.319. The van der Waals surface area contributed by atoms with Gasteiger partial charge in [-0.1, -0.05) is 12.8 Å². The monoisotopic (exact) mass is 316 g/mol. The average Bonchev–Trinajstić information content (AvgIpc) is 2.58. The van der Waals surface area contributed by atoms with Gasteiger partial charge >= 0.3 is 0 Å². The molecule has 1 aromatic rings. The molecule has 0 radical (unpaired) electrons. The fourth-order valence-corrected chi connectivity index (χ4v) is 2.85. The standard InChI is InChI=1S/C13H18BrFN2O/c14-10-6-12(16)13(7-11(10)15)17-5-3-1-2-4-9(17)8-18/h6-7,9,18H,1-5,8,16H2. The fraction of sp³-hybridized carbons (Fsp3) is 0.538. The Balaban J connectivity index is 2.35. The van der Waals surface area contributed by atoms with Crippen LogP contribution in [0.1, 0.15) is 25.7 Å². The molecule has 1 aliphatic heterocycles. The Morgan fingerprint density at radius 1 is 1.39 bits per heavy atom. The molecule has 1 saturated heterocycles. The normalized spacial score (nSPS) is 20.8. The maximum atomic E-state index is 13.7. The minimum atomic E-state index is -0.319. The Morgan fingerprint density at radius 2 is 2.17 bits per heavy atom. The van der Waals surface area contributed by atoms with Gasteiger partial charge in [0, 0.05) is 12.6 Å². The Hall–Kier alpha value is -0.810. The largest absolute Gasteiger partial charge is 0.397 e. The summed E-state index contributed by atoms with van der Waals surface area (Å²) < 4.78 is 14.0. The number of hydrogen-bond acceptors (Lipinski definition) is 3. The van der Waals surface area contributed by atoms with E-state index in [2.05, 4.69) is 15.9 Å². The highest BCUT2D eigenvalue weighted by atomic mass is 79.9. The molecule has 0 aromatic heterocycles. The van der Waals surface area contributed by atoms with Gasteiger partial charge in [-0.3, -0.25) is 0 Å². The molecule has 0 amide bonds. The van der Waals surface area contributed by atoms with Crippen LogP contribution in [-0.2, 0) is 0 Å². The fourth-order valence-electron chi connectivity index (χ4n) is 2.48. The number of benzene rings is 1. The van der Waals surface area contributed by atoms with Crippen molar-refractivity contribution in [3.8, 4) is 0 Å². The van der Waals surface area contributed by atoms with Gasteiger partial charge in [0.2, 0.25) is 0 Å². The number of anilines is 2. The lowest BCUT2D eigenvalue weighted by atomic mass is 10.1. The first-order valence-electron chi connectivity index (χ1n) is 6.25. The lowest BCUT2D eigenvalue weighted by molar-refractivity contribution is 0.255. The van der Waals surface area contributed by atoms with Crippen LogP contribution in [0.15, 0.2) is 16.6 Å². The summed E-state index contributed by atoms with van der Waals surface area (Å²) in [7, 11) is 0. The maximum Gasteiger partial charge on any atom is 0.139 e. The van der Waals surface area contributed by atoms with Crippen molar-refractivity contribution < 1.29 is 9.50 Å². The molecule has 0 saturated carbocycles. The van der Waals surface area contributed by atoms with Crippen molar-refractivity contribution in [2.45, 2.75) is 31.7 Å². The quantitative estimate of drug-likeness (QED) is 0.825. The van der Waals surface area contributed by atoms with Gasteiger partial charge in [0.25, 0.3) is 0 Å². The number of halogens is 2. The molecule has 3 N–H and O–H groups in total. The molecule has 1 unspecified atom stereocenters. The SMILES string of the molecule is Nc1cc(Br)c(F)cc1N1CCCCCC1CO. The summed E-state index contributed by atoms with van der Waals surface area (Å²) >= 11 is 3.13. The second-order valence-electron chi connectivity index (χ2n) is 4.70. The topological polar surface area (TPSA) is 49.5 Å². The molecule has 5 heteroatoms. The number of nitrogens with two attached hydrogens (primary N) is 1. The Morgan fingerprint density at radius 3 is 2.89 bits per heavy atom. The van der Waals surface area contributed by atoms with Gasteiger partial charge in [0.05, 0.1) is 28.5 Å². The molecule has 0 aliphatic carbocycles. The summed E-state index contributed by atoms with van der Waals surface area (Å²) in [5.41, 5.74) is 7.21. The van der Waals surface area contributed by atoms with E-state index in [1.54, 1.807) is 6.07 Å². The van der Waals surface area contributed by atoms with Gasteiger partial charge in [-0.2, -0.15) is 0 Å². The second kappa shape index (κ2) is 5.89. The number of nitrogens with zero attached hydrogens (tertiary/aromatic N) is 1. The van der Waals surface area contributed by atoms with Crippen molar-refractivity contribution in [3.05, 3.63) is 22.4 Å². The van der Waals surface area contributed by atoms with Crippen molar-refractivity contribution in [2.24, 2.45) is 0 Å². The van der Waals surface area contributed by atoms with Crippen LogP contribution in [0, 0.1) is 5.82 Å². The molecule has 2 rings (SSSR count). The number of nitrogen functional groups attached to an aromatic ring is 1. The zero-order chi connectivity index (χ0) is 13.1. The van der Waals surface area contributed by atoms with Crippen LogP contribution in [0.2, 0.25) is 0 Å². The molecule has 1 atom stereocenters. The predicted octanol–water partition coefficient (Wildman–Crippen LogP) is 2.91. The van der Waals surface area contributed by atoms with E-state index in [4.69, 9.17) is 5.73 Å². The highest BCUT2D eigenvalue weighted by molar-refractivity contribution is 9.10. The van der Waals surface area contributed by atoms with Crippen LogP contribution in [0.25, 0.3) is 0 Å². The van der Waals surface area contributed by atoms with E-state index in [0.717, 1.165) is 32.2 Å². The van der Waals surface area contributed by atoms with Gasteiger partial charge < -0.3 is 15.7 Å². The van der Waals surface area contributed by atoms with Crippen molar-refractivity contribution >= 4 is 27.3 Å². The van der Waals surface area contributed by atoms with E-state index in [1.165, 1.54) is 6.07 Å². The first-order valence-corrected chi connectivity index (χ1v) is 7.05. The lowest BCUT2D eigenvalue weighted by Gasteiger charge is -2.32. The van der Waals surface area contributed by atoms with Gasteiger partial charge in [0.1, 0.15) is 5.82 Å². The third-order valence-electron chi connectivity index (χ3n) is 3.47. The Kier molecular flexibility index (Phi) is 4.45. The number of rotatable bonds is 2. The second-order valence-corrected chi connectivity index (χ2v) is 5.56. The first kappa shape index (κ1) is 13.6. The highest BCUT2D eigenvalue weighted by Gasteiger charge is 2.23. The van der Waals surface area contributed by atoms with E-state index < -0.39 is 0 Å². The molecule has 100 valence electrons. The summed E-state index contributed by atoms with van der Waals surface area (Å²) in [6.45, 7) is 0.896. The van der Waals surface area contributed by atoms with E-state index in [1.807, 2.05) is 4.90 Å². The van der Waals surface area contributed by atoms with Gasteiger partial charge in [-0.15, -0.1) is 0 Å². The van der Waals surface area contributed by atoms with Crippen molar-refractivity contribution in [3.63, 3.8) is 0 Å². The highest BCUT2D eigenvalue weighted by Crippen LogP contribution is 2.32. The van der Waals surface area contributed by atoms with E-state index >= 15 is 0 Å². The van der Waals surface area contributed by atoms with Crippen molar-refractivity contribution in [2.75, 3.05) is 23.8 Å². The van der Waals surface area contributed by atoms with E-state index in [0.29, 0.717) is 15.8 Å². The minimum absolute atomic E-state index is 0.0374. The maximum absolute atomic E-state index is 13.7. The van der Waals surface area contributed by atoms with E-state index in [9.17, 15) is 9.50 Å². The molecule has 0 spiro atoms. The summed E-state index contributed by atoms with van der Waals surface area (Å²) in [4.78, 5) is 2.04. The summed E-state index contributed by atoms with van der Waals surface area (Å²) in [6.07, 6.45) is 4.22. The third kappa shape index (κ3) is 2.78. The third-order valence-corrected chi connectivity index (χ3v) is 4.07. The van der Waals surface area contributed by atoms with Crippen LogP contribution in [0.5, 0.6) is 0 Å². The molecular formula is C13H18BrFN2O. The molecule has 1 aliphatic rings. The molecule has 0 bridgehead atoms. The number of aliphatic hydroxyl groups excluding tert-OH is 1.